The number of rotatable bonds is 4. The molecule has 4 rings (SSSR count). The van der Waals surface area contributed by atoms with E-state index in [0.29, 0.717) is 22.4 Å². The van der Waals surface area contributed by atoms with Crippen molar-refractivity contribution in [2.24, 2.45) is 0 Å². The molecule has 7 heteroatoms. The Balaban J connectivity index is 1.41. The number of piperazine rings is 1. The van der Waals surface area contributed by atoms with Gasteiger partial charge < -0.3 is 9.32 Å². The summed E-state index contributed by atoms with van der Waals surface area (Å²) in [6.07, 6.45) is 0. The van der Waals surface area contributed by atoms with Crippen molar-refractivity contribution in [3.63, 3.8) is 0 Å². The Morgan fingerprint density at radius 2 is 1.65 bits per heavy atom. The van der Waals surface area contributed by atoms with Crippen LogP contribution < -0.4 is 4.90 Å². The highest BCUT2D eigenvalue weighted by molar-refractivity contribution is 7.71. The van der Waals surface area contributed by atoms with Gasteiger partial charge in [-0.1, -0.05) is 29.8 Å². The first-order valence-corrected chi connectivity index (χ1v) is 9.34. The Hall–Kier alpha value is -2.15. The highest BCUT2D eigenvalue weighted by Gasteiger charge is 2.18. The molecule has 0 saturated carbocycles. The number of benzene rings is 2. The molecular formula is C19H19ClN4OS. The highest BCUT2D eigenvalue weighted by atomic mass is 35.5. The topological polar surface area (TPSA) is 37.4 Å². The van der Waals surface area contributed by atoms with E-state index in [1.165, 1.54) is 5.69 Å². The van der Waals surface area contributed by atoms with E-state index in [2.05, 4.69) is 39.2 Å². The van der Waals surface area contributed by atoms with E-state index in [4.69, 9.17) is 28.2 Å². The number of nitrogens with zero attached hydrogens (tertiary/aromatic N) is 4. The molecule has 1 aromatic heterocycles. The van der Waals surface area contributed by atoms with Crippen LogP contribution in [0.3, 0.4) is 0 Å². The molecule has 2 aromatic carbocycles. The van der Waals surface area contributed by atoms with Crippen molar-refractivity contribution >= 4 is 29.5 Å². The Morgan fingerprint density at radius 1 is 0.962 bits per heavy atom. The average molecular weight is 387 g/mol. The minimum Gasteiger partial charge on any atom is -0.409 e. The number of hydrogen-bond donors (Lipinski definition) is 0. The normalized spacial score (nSPS) is 15.3. The molecule has 0 aliphatic carbocycles. The van der Waals surface area contributed by atoms with E-state index in [1.807, 2.05) is 30.3 Å². The summed E-state index contributed by atoms with van der Waals surface area (Å²) in [5, 5.41) is 5.21. The summed E-state index contributed by atoms with van der Waals surface area (Å²) >= 11 is 11.3. The predicted molar refractivity (Wildman–Crippen MR) is 106 cm³/mol. The third-order valence-corrected chi connectivity index (χ3v) is 5.07. The van der Waals surface area contributed by atoms with Crippen LogP contribution in [0.15, 0.2) is 59.0 Å². The Morgan fingerprint density at radius 3 is 2.35 bits per heavy atom. The molecule has 3 aromatic rings. The van der Waals surface area contributed by atoms with E-state index in [0.717, 1.165) is 31.7 Å². The zero-order valence-corrected chi connectivity index (χ0v) is 15.8. The van der Waals surface area contributed by atoms with Crippen LogP contribution in [0.5, 0.6) is 0 Å². The molecule has 0 atom stereocenters. The molecule has 134 valence electrons. The monoisotopic (exact) mass is 386 g/mol. The molecule has 26 heavy (non-hydrogen) atoms. The van der Waals surface area contributed by atoms with Gasteiger partial charge in [0, 0.05) is 42.5 Å². The van der Waals surface area contributed by atoms with Crippen LogP contribution >= 0.6 is 23.8 Å². The van der Waals surface area contributed by atoms with Crippen molar-refractivity contribution in [1.29, 1.82) is 0 Å². The van der Waals surface area contributed by atoms with E-state index >= 15 is 0 Å². The summed E-state index contributed by atoms with van der Waals surface area (Å²) < 4.78 is 7.41. The Bertz CT molecular complexity index is 915. The number of aromatic nitrogens is 2. The van der Waals surface area contributed by atoms with Gasteiger partial charge in [0.25, 0.3) is 4.84 Å². The van der Waals surface area contributed by atoms with Gasteiger partial charge >= 0.3 is 0 Å². The molecule has 0 unspecified atom stereocenters. The van der Waals surface area contributed by atoms with Crippen LogP contribution in [0.25, 0.3) is 11.5 Å². The summed E-state index contributed by atoms with van der Waals surface area (Å²) in [7, 11) is 0. The first-order chi connectivity index (χ1) is 12.7. The van der Waals surface area contributed by atoms with Gasteiger partial charge in [-0.05, 0) is 48.6 Å². The highest BCUT2D eigenvalue weighted by Crippen LogP contribution is 2.21. The van der Waals surface area contributed by atoms with E-state index in [-0.39, 0.29) is 0 Å². The van der Waals surface area contributed by atoms with Gasteiger partial charge in [0.05, 0.1) is 6.67 Å². The van der Waals surface area contributed by atoms with E-state index in [1.54, 1.807) is 4.68 Å². The minimum absolute atomic E-state index is 0.389. The zero-order chi connectivity index (χ0) is 17.9. The second-order valence-corrected chi connectivity index (χ2v) is 7.05. The minimum atomic E-state index is 0.389. The van der Waals surface area contributed by atoms with Crippen LogP contribution in [-0.2, 0) is 6.67 Å². The largest absolute Gasteiger partial charge is 0.409 e. The molecule has 2 heterocycles. The molecule has 5 nitrogen and oxygen atoms in total. The van der Waals surface area contributed by atoms with Crippen molar-refractivity contribution < 1.29 is 4.42 Å². The fraction of sp³-hybridized carbons (Fsp3) is 0.263. The summed E-state index contributed by atoms with van der Waals surface area (Å²) in [5.41, 5.74) is 2.14. The van der Waals surface area contributed by atoms with Crippen molar-refractivity contribution in [3.8, 4) is 11.5 Å². The lowest BCUT2D eigenvalue weighted by molar-refractivity contribution is 0.192. The lowest BCUT2D eigenvalue weighted by atomic mass is 10.2. The van der Waals surface area contributed by atoms with Crippen molar-refractivity contribution in [2.75, 3.05) is 31.1 Å². The Labute approximate surface area is 162 Å². The first-order valence-electron chi connectivity index (χ1n) is 8.55. The Kier molecular flexibility index (Phi) is 5.06. The van der Waals surface area contributed by atoms with Crippen molar-refractivity contribution in [3.05, 3.63) is 64.5 Å². The van der Waals surface area contributed by atoms with Gasteiger partial charge in [-0.3, -0.25) is 4.90 Å². The van der Waals surface area contributed by atoms with Gasteiger partial charge in [0.2, 0.25) is 5.89 Å². The standard InChI is InChI=1S/C19H19ClN4OS/c20-16-8-6-15(7-9-16)18-21-24(19(26)25-18)14-22-10-12-23(13-11-22)17-4-2-1-3-5-17/h1-9H,10-14H2. The molecule has 0 N–H and O–H groups in total. The molecule has 1 aliphatic rings. The number of para-hydroxylation sites is 1. The summed E-state index contributed by atoms with van der Waals surface area (Å²) in [6, 6.07) is 17.9. The molecule has 0 amide bonds. The second kappa shape index (κ2) is 7.61. The number of hydrogen-bond acceptors (Lipinski definition) is 5. The second-order valence-electron chi connectivity index (χ2n) is 6.26. The maximum atomic E-state index is 5.93. The summed E-state index contributed by atoms with van der Waals surface area (Å²) in [6.45, 7) is 4.52. The van der Waals surface area contributed by atoms with Crippen LogP contribution in [0, 0.1) is 4.84 Å². The third-order valence-electron chi connectivity index (χ3n) is 4.53. The van der Waals surface area contributed by atoms with Crippen LogP contribution in [0.1, 0.15) is 0 Å². The van der Waals surface area contributed by atoms with Gasteiger partial charge in [0.1, 0.15) is 0 Å². The van der Waals surface area contributed by atoms with E-state index in [9.17, 15) is 0 Å². The van der Waals surface area contributed by atoms with Gasteiger partial charge in [0.15, 0.2) is 0 Å². The lowest BCUT2D eigenvalue weighted by Gasteiger charge is -2.35. The molecule has 1 saturated heterocycles. The lowest BCUT2D eigenvalue weighted by Crippen LogP contribution is -2.46. The van der Waals surface area contributed by atoms with Crippen LogP contribution in [-0.4, -0.2) is 40.9 Å². The first kappa shape index (κ1) is 17.3. The molecule has 0 radical (unpaired) electrons. The maximum Gasteiger partial charge on any atom is 0.288 e. The fourth-order valence-corrected chi connectivity index (χ4v) is 3.38. The molecule has 0 spiro atoms. The molecule has 1 fully saturated rings. The maximum absolute atomic E-state index is 5.93. The smallest absolute Gasteiger partial charge is 0.288 e. The summed E-state index contributed by atoms with van der Waals surface area (Å²) in [5.74, 6) is 0.523. The van der Waals surface area contributed by atoms with Crippen LogP contribution in [0.4, 0.5) is 5.69 Å². The molecule has 0 bridgehead atoms. The number of halogens is 1. The van der Waals surface area contributed by atoms with Crippen molar-refractivity contribution in [1.82, 2.24) is 14.7 Å². The predicted octanol–water partition coefficient (Wildman–Crippen LogP) is 4.31. The quantitative estimate of drug-likeness (QED) is 0.625. The number of anilines is 1. The van der Waals surface area contributed by atoms with Crippen molar-refractivity contribution in [2.45, 2.75) is 6.67 Å². The van der Waals surface area contributed by atoms with Gasteiger partial charge in [-0.2, -0.15) is 0 Å². The average Bonchev–Trinajstić information content (AvgIpc) is 3.04. The van der Waals surface area contributed by atoms with Gasteiger partial charge in [-0.25, -0.2) is 4.68 Å². The SMILES string of the molecule is S=c1oc(-c2ccc(Cl)cc2)nn1CN1CCN(c2ccccc2)CC1. The molecular weight excluding hydrogens is 368 g/mol. The van der Waals surface area contributed by atoms with E-state index < -0.39 is 0 Å². The molecule has 1 aliphatic heterocycles. The van der Waals surface area contributed by atoms with Gasteiger partial charge in [-0.15, -0.1) is 5.10 Å². The fourth-order valence-electron chi connectivity index (χ4n) is 3.08. The summed E-state index contributed by atoms with van der Waals surface area (Å²) in [4.78, 5) is 5.13. The zero-order valence-electron chi connectivity index (χ0n) is 14.2. The third kappa shape index (κ3) is 3.82. The van der Waals surface area contributed by atoms with Crippen LogP contribution in [0.2, 0.25) is 5.02 Å².